The molecule has 0 fully saturated rings. The molecular formula is C9H6O4. The summed E-state index contributed by atoms with van der Waals surface area (Å²) in [5, 5.41) is 18.6. The van der Waals surface area contributed by atoms with Crippen LogP contribution in [0.25, 0.3) is 11.0 Å². The predicted octanol–water partition coefficient (Wildman–Crippen LogP) is 1.20. The van der Waals surface area contributed by atoms with Gasteiger partial charge in [0, 0.05) is 5.39 Å². The van der Waals surface area contributed by atoms with Gasteiger partial charge < -0.3 is 14.6 Å². The van der Waals surface area contributed by atoms with Gasteiger partial charge in [0.15, 0.2) is 0 Å². The fraction of sp³-hybridized carbons (Fsp3) is 0. The van der Waals surface area contributed by atoms with Crippen LogP contribution in [-0.2, 0) is 0 Å². The standard InChI is InChI=1S/C9H6O4/c10-6-1-2-8-5(3-6)4-7(11)9(12)13-8/h1-4,10-11H. The molecule has 2 N–H and O–H groups in total. The highest BCUT2D eigenvalue weighted by molar-refractivity contribution is 5.79. The Morgan fingerprint density at radius 3 is 2.69 bits per heavy atom. The summed E-state index contributed by atoms with van der Waals surface area (Å²) in [4.78, 5) is 10.8. The molecule has 2 rings (SSSR count). The molecule has 0 spiro atoms. The van der Waals surface area contributed by atoms with Crippen LogP contribution in [0.15, 0.2) is 33.5 Å². The van der Waals surface area contributed by atoms with E-state index < -0.39 is 11.4 Å². The molecule has 1 aromatic heterocycles. The highest BCUT2D eigenvalue weighted by atomic mass is 16.4. The van der Waals surface area contributed by atoms with Gasteiger partial charge in [-0.1, -0.05) is 0 Å². The average Bonchev–Trinajstić information content (AvgIpc) is 2.08. The van der Waals surface area contributed by atoms with E-state index in [1.807, 2.05) is 0 Å². The van der Waals surface area contributed by atoms with Gasteiger partial charge in [-0.15, -0.1) is 0 Å². The Balaban J connectivity index is 2.89. The lowest BCUT2D eigenvalue weighted by Gasteiger charge is -1.97. The molecule has 1 aromatic carbocycles. The van der Waals surface area contributed by atoms with E-state index in [0.717, 1.165) is 0 Å². The molecule has 0 aliphatic rings. The fourth-order valence-corrected chi connectivity index (χ4v) is 1.10. The van der Waals surface area contributed by atoms with Crippen molar-refractivity contribution in [2.75, 3.05) is 0 Å². The molecule has 0 atom stereocenters. The van der Waals surface area contributed by atoms with Gasteiger partial charge in [0.05, 0.1) is 0 Å². The third-order valence-corrected chi connectivity index (χ3v) is 1.70. The van der Waals surface area contributed by atoms with Crippen LogP contribution >= 0.6 is 0 Å². The molecule has 0 aliphatic carbocycles. The molecule has 2 aromatic rings. The number of fused-ring (bicyclic) bond motifs is 1. The van der Waals surface area contributed by atoms with Crippen molar-refractivity contribution in [3.05, 3.63) is 34.7 Å². The molecule has 0 saturated carbocycles. The van der Waals surface area contributed by atoms with Gasteiger partial charge in [0.25, 0.3) is 0 Å². The molecule has 0 amide bonds. The van der Waals surface area contributed by atoms with E-state index in [9.17, 15) is 4.79 Å². The largest absolute Gasteiger partial charge is 0.508 e. The van der Waals surface area contributed by atoms with E-state index in [1.165, 1.54) is 24.3 Å². The Morgan fingerprint density at radius 2 is 1.92 bits per heavy atom. The Kier molecular flexibility index (Phi) is 1.48. The highest BCUT2D eigenvalue weighted by Crippen LogP contribution is 2.20. The third kappa shape index (κ3) is 1.22. The van der Waals surface area contributed by atoms with Gasteiger partial charge in [0.2, 0.25) is 5.75 Å². The smallest absolute Gasteiger partial charge is 0.378 e. The highest BCUT2D eigenvalue weighted by Gasteiger charge is 2.03. The molecule has 13 heavy (non-hydrogen) atoms. The van der Waals surface area contributed by atoms with E-state index in [0.29, 0.717) is 11.0 Å². The molecule has 0 saturated heterocycles. The molecule has 0 unspecified atom stereocenters. The third-order valence-electron chi connectivity index (χ3n) is 1.70. The van der Waals surface area contributed by atoms with Gasteiger partial charge in [-0.25, -0.2) is 4.79 Å². The SMILES string of the molecule is O=c1oc2ccc(O)cc2cc1O. The average molecular weight is 178 g/mol. The lowest BCUT2D eigenvalue weighted by Crippen LogP contribution is -1.96. The summed E-state index contributed by atoms with van der Waals surface area (Å²) in [7, 11) is 0. The quantitative estimate of drug-likeness (QED) is 0.594. The van der Waals surface area contributed by atoms with E-state index in [4.69, 9.17) is 14.6 Å². The van der Waals surface area contributed by atoms with Gasteiger partial charge in [-0.05, 0) is 24.3 Å². The molecule has 66 valence electrons. The summed E-state index contributed by atoms with van der Waals surface area (Å²) in [5.74, 6) is -0.404. The summed E-state index contributed by atoms with van der Waals surface area (Å²) in [6, 6.07) is 5.52. The van der Waals surface area contributed by atoms with E-state index in [-0.39, 0.29) is 5.75 Å². The monoisotopic (exact) mass is 178 g/mol. The molecule has 0 radical (unpaired) electrons. The fourth-order valence-electron chi connectivity index (χ4n) is 1.10. The van der Waals surface area contributed by atoms with Crippen LogP contribution in [0, 0.1) is 0 Å². The normalized spacial score (nSPS) is 10.5. The Bertz CT molecular complexity index is 512. The van der Waals surface area contributed by atoms with Crippen molar-refractivity contribution in [3.63, 3.8) is 0 Å². The van der Waals surface area contributed by atoms with Crippen LogP contribution < -0.4 is 5.63 Å². The summed E-state index contributed by atoms with van der Waals surface area (Å²) < 4.78 is 4.73. The van der Waals surface area contributed by atoms with Crippen molar-refractivity contribution >= 4 is 11.0 Å². The second kappa shape index (κ2) is 2.52. The molecule has 1 heterocycles. The van der Waals surface area contributed by atoms with Gasteiger partial charge >= 0.3 is 5.63 Å². The number of rotatable bonds is 0. The maximum Gasteiger partial charge on any atom is 0.378 e. The topological polar surface area (TPSA) is 70.7 Å². The van der Waals surface area contributed by atoms with Crippen LogP contribution in [0.2, 0.25) is 0 Å². The van der Waals surface area contributed by atoms with E-state index in [1.54, 1.807) is 0 Å². The minimum absolute atomic E-state index is 0.0562. The lowest BCUT2D eigenvalue weighted by molar-refractivity contribution is 0.427. The van der Waals surface area contributed by atoms with Crippen LogP contribution in [-0.4, -0.2) is 10.2 Å². The maximum absolute atomic E-state index is 10.8. The van der Waals surface area contributed by atoms with Crippen LogP contribution in [0.3, 0.4) is 0 Å². The number of benzene rings is 1. The Morgan fingerprint density at radius 1 is 1.15 bits per heavy atom. The maximum atomic E-state index is 10.8. The van der Waals surface area contributed by atoms with Crippen molar-refractivity contribution in [1.82, 2.24) is 0 Å². The van der Waals surface area contributed by atoms with E-state index in [2.05, 4.69) is 0 Å². The number of hydrogen-bond acceptors (Lipinski definition) is 4. The molecule has 4 nitrogen and oxygen atoms in total. The lowest BCUT2D eigenvalue weighted by atomic mass is 10.2. The first-order chi connectivity index (χ1) is 6.16. The molecule has 4 heteroatoms. The van der Waals surface area contributed by atoms with Crippen molar-refractivity contribution in [2.45, 2.75) is 0 Å². The minimum Gasteiger partial charge on any atom is -0.508 e. The molecular weight excluding hydrogens is 172 g/mol. The van der Waals surface area contributed by atoms with Crippen LogP contribution in [0.1, 0.15) is 0 Å². The zero-order valence-corrected chi connectivity index (χ0v) is 6.52. The number of phenolic OH excluding ortho intramolecular Hbond substituents is 1. The van der Waals surface area contributed by atoms with Crippen LogP contribution in [0.5, 0.6) is 11.5 Å². The summed E-state index contributed by atoms with van der Waals surface area (Å²) >= 11 is 0. The van der Waals surface area contributed by atoms with Gasteiger partial charge in [0.1, 0.15) is 11.3 Å². The van der Waals surface area contributed by atoms with Crippen molar-refractivity contribution in [3.8, 4) is 11.5 Å². The number of phenols is 1. The van der Waals surface area contributed by atoms with Gasteiger partial charge in [-0.3, -0.25) is 0 Å². The first-order valence-electron chi connectivity index (χ1n) is 3.62. The first-order valence-corrected chi connectivity index (χ1v) is 3.62. The van der Waals surface area contributed by atoms with Crippen LogP contribution in [0.4, 0.5) is 0 Å². The van der Waals surface area contributed by atoms with Crippen molar-refractivity contribution < 1.29 is 14.6 Å². The van der Waals surface area contributed by atoms with E-state index >= 15 is 0 Å². The second-order valence-corrected chi connectivity index (χ2v) is 2.64. The van der Waals surface area contributed by atoms with Crippen molar-refractivity contribution in [1.29, 1.82) is 0 Å². The molecule has 0 aliphatic heterocycles. The summed E-state index contributed by atoms with van der Waals surface area (Å²) in [6.07, 6.45) is 0. The predicted molar refractivity (Wildman–Crippen MR) is 45.8 cm³/mol. The first kappa shape index (κ1) is 7.67. The second-order valence-electron chi connectivity index (χ2n) is 2.64. The summed E-state index contributed by atoms with van der Waals surface area (Å²) in [6.45, 7) is 0. The minimum atomic E-state index is -0.779. The zero-order chi connectivity index (χ0) is 9.42. The number of hydrogen-bond donors (Lipinski definition) is 2. The van der Waals surface area contributed by atoms with Gasteiger partial charge in [-0.2, -0.15) is 0 Å². The summed E-state index contributed by atoms with van der Waals surface area (Å²) in [5.41, 5.74) is -0.446. The molecule has 0 bridgehead atoms. The Hall–Kier alpha value is -1.97. The Labute approximate surface area is 72.7 Å². The van der Waals surface area contributed by atoms with Crippen molar-refractivity contribution in [2.24, 2.45) is 0 Å². The zero-order valence-electron chi connectivity index (χ0n) is 6.52. The number of aromatic hydroxyl groups is 2.